The largest absolute Gasteiger partial charge is 0.456 e. The van der Waals surface area contributed by atoms with Gasteiger partial charge in [0.1, 0.15) is 24.3 Å². The highest BCUT2D eigenvalue weighted by Crippen LogP contribution is 2.31. The summed E-state index contributed by atoms with van der Waals surface area (Å²) in [6.07, 6.45) is -1.00. The number of aromatic nitrogens is 2. The maximum Gasteiger partial charge on any atom is 0.351 e. The zero-order chi connectivity index (χ0) is 23.3. The lowest BCUT2D eigenvalue weighted by Gasteiger charge is -2.18. The molecule has 12 nitrogen and oxygen atoms in total. The van der Waals surface area contributed by atoms with Crippen LogP contribution in [0.2, 0.25) is 0 Å². The highest BCUT2D eigenvalue weighted by atomic mass is 16.6. The zero-order valence-electron chi connectivity index (χ0n) is 17.4. The molecule has 0 bridgehead atoms. The molecule has 3 rings (SSSR count). The summed E-state index contributed by atoms with van der Waals surface area (Å²) in [6, 6.07) is 7.43. The SMILES string of the molecule is CC(=O)Nc1ccn([C@H]2C[C@@H](OC(=O)c3ccccc3C(C)N=[N+]=[N-])[C@@H](CO)O2)c(=O)n1. The molecule has 1 aromatic heterocycles. The average Bonchev–Trinajstić information content (AvgIpc) is 3.16. The number of benzene rings is 1. The van der Waals surface area contributed by atoms with Crippen LogP contribution in [0.4, 0.5) is 5.82 Å². The third-order valence-electron chi connectivity index (χ3n) is 4.92. The van der Waals surface area contributed by atoms with Gasteiger partial charge in [-0.2, -0.15) is 4.98 Å². The van der Waals surface area contributed by atoms with Crippen molar-refractivity contribution in [2.75, 3.05) is 11.9 Å². The standard InChI is InChI=1S/C20H22N6O6/c1-11(24-25-21)13-5-3-4-6-14(13)19(29)32-15-9-18(31-16(15)10-27)26-8-7-17(22-12(2)28)23-20(26)30/h3-8,11,15-16,18,27H,9-10H2,1-2H3,(H,22,23,28,30)/t11?,15-,16-,18-/m1/s1. The van der Waals surface area contributed by atoms with Crippen LogP contribution in [0.25, 0.3) is 10.4 Å². The summed E-state index contributed by atoms with van der Waals surface area (Å²) in [4.78, 5) is 42.9. The topological polar surface area (TPSA) is 169 Å². The molecular formula is C20H22N6O6. The molecule has 1 aromatic carbocycles. The van der Waals surface area contributed by atoms with E-state index in [1.165, 1.54) is 23.8 Å². The molecule has 2 N–H and O–H groups in total. The normalized spacial score (nSPS) is 20.8. The number of aliphatic hydroxyl groups excluding tert-OH is 1. The van der Waals surface area contributed by atoms with Crippen molar-refractivity contribution in [3.05, 3.63) is 68.6 Å². The van der Waals surface area contributed by atoms with Gasteiger partial charge in [0.05, 0.1) is 18.2 Å². The van der Waals surface area contributed by atoms with Crippen molar-refractivity contribution >= 4 is 17.7 Å². The number of nitrogens with zero attached hydrogens (tertiary/aromatic N) is 5. The Labute approximate surface area is 182 Å². The van der Waals surface area contributed by atoms with E-state index in [9.17, 15) is 19.5 Å². The number of anilines is 1. The smallest absolute Gasteiger partial charge is 0.351 e. The van der Waals surface area contributed by atoms with Gasteiger partial charge in [0.2, 0.25) is 5.91 Å². The number of ether oxygens (including phenoxy) is 2. The first kappa shape index (κ1) is 22.9. The van der Waals surface area contributed by atoms with E-state index in [1.54, 1.807) is 31.2 Å². The third kappa shape index (κ3) is 5.11. The number of hydrogen-bond acceptors (Lipinski definition) is 8. The van der Waals surface area contributed by atoms with Gasteiger partial charge < -0.3 is 19.9 Å². The Morgan fingerprint density at radius 3 is 2.84 bits per heavy atom. The van der Waals surface area contributed by atoms with Gasteiger partial charge in [-0.3, -0.25) is 9.36 Å². The van der Waals surface area contributed by atoms with E-state index in [0.29, 0.717) is 5.56 Å². The molecule has 2 heterocycles. The number of aliphatic hydroxyl groups is 1. The minimum atomic E-state index is -0.854. The molecule has 1 aliphatic rings. The lowest BCUT2D eigenvalue weighted by atomic mass is 10.0. The predicted molar refractivity (Wildman–Crippen MR) is 112 cm³/mol. The second kappa shape index (κ2) is 10.1. The molecular weight excluding hydrogens is 420 g/mol. The summed E-state index contributed by atoms with van der Waals surface area (Å²) in [5.74, 6) is -0.932. The first-order valence-corrected chi connectivity index (χ1v) is 9.81. The van der Waals surface area contributed by atoms with Crippen LogP contribution >= 0.6 is 0 Å². The number of esters is 1. The summed E-state index contributed by atoms with van der Waals surface area (Å²) >= 11 is 0. The Kier molecular flexibility index (Phi) is 7.21. The second-order valence-corrected chi connectivity index (χ2v) is 7.14. The van der Waals surface area contributed by atoms with Gasteiger partial charge >= 0.3 is 11.7 Å². The summed E-state index contributed by atoms with van der Waals surface area (Å²) in [6.45, 7) is 2.52. The van der Waals surface area contributed by atoms with Gasteiger partial charge in [0.15, 0.2) is 0 Å². The molecule has 168 valence electrons. The summed E-state index contributed by atoms with van der Waals surface area (Å²) in [7, 11) is 0. The first-order chi connectivity index (χ1) is 15.3. The molecule has 0 aliphatic carbocycles. The molecule has 4 atom stereocenters. The van der Waals surface area contributed by atoms with Crippen molar-refractivity contribution in [2.45, 2.75) is 44.7 Å². The Balaban J connectivity index is 1.78. The van der Waals surface area contributed by atoms with Gasteiger partial charge in [-0.1, -0.05) is 30.2 Å². The Morgan fingerprint density at radius 2 is 2.19 bits per heavy atom. The quantitative estimate of drug-likeness (QED) is 0.286. The molecule has 0 radical (unpaired) electrons. The van der Waals surface area contributed by atoms with Crippen molar-refractivity contribution in [1.29, 1.82) is 0 Å². The number of rotatable bonds is 7. The summed E-state index contributed by atoms with van der Waals surface area (Å²) in [5.41, 5.74) is 8.75. The third-order valence-corrected chi connectivity index (χ3v) is 4.92. The van der Waals surface area contributed by atoms with E-state index >= 15 is 0 Å². The maximum atomic E-state index is 12.8. The van der Waals surface area contributed by atoms with Gasteiger partial charge in [-0.25, -0.2) is 9.59 Å². The fourth-order valence-electron chi connectivity index (χ4n) is 3.43. The van der Waals surface area contributed by atoms with Gasteiger partial charge in [-0.15, -0.1) is 0 Å². The lowest BCUT2D eigenvalue weighted by Crippen LogP contribution is -2.30. The number of azide groups is 1. The van der Waals surface area contributed by atoms with Crippen LogP contribution in [0.5, 0.6) is 0 Å². The lowest BCUT2D eigenvalue weighted by molar-refractivity contribution is -0.114. The van der Waals surface area contributed by atoms with E-state index < -0.39 is 42.7 Å². The molecule has 0 saturated carbocycles. The van der Waals surface area contributed by atoms with E-state index in [-0.39, 0.29) is 23.7 Å². The number of amides is 1. The average molecular weight is 442 g/mol. The highest BCUT2D eigenvalue weighted by molar-refractivity contribution is 5.91. The number of carbonyl (C=O) groups is 2. The molecule has 2 aromatic rings. The van der Waals surface area contributed by atoms with E-state index in [0.717, 1.165) is 0 Å². The van der Waals surface area contributed by atoms with Gasteiger partial charge in [0.25, 0.3) is 0 Å². The molecule has 12 heteroatoms. The molecule has 32 heavy (non-hydrogen) atoms. The molecule has 1 unspecified atom stereocenters. The molecule has 1 fully saturated rings. The first-order valence-electron chi connectivity index (χ1n) is 9.81. The van der Waals surface area contributed by atoms with Crippen molar-refractivity contribution in [3.8, 4) is 0 Å². The van der Waals surface area contributed by atoms with Crippen LogP contribution in [-0.2, 0) is 14.3 Å². The van der Waals surface area contributed by atoms with Crippen molar-refractivity contribution in [2.24, 2.45) is 5.11 Å². The molecule has 0 spiro atoms. The Hall–Kier alpha value is -3.73. The van der Waals surface area contributed by atoms with Gasteiger partial charge in [0, 0.05) is 24.5 Å². The zero-order valence-corrected chi connectivity index (χ0v) is 17.4. The van der Waals surface area contributed by atoms with E-state index in [1.807, 2.05) is 0 Å². The number of hydrogen-bond donors (Lipinski definition) is 2. The van der Waals surface area contributed by atoms with Crippen molar-refractivity contribution in [1.82, 2.24) is 9.55 Å². The minimum Gasteiger partial charge on any atom is -0.456 e. The molecule has 1 saturated heterocycles. The van der Waals surface area contributed by atoms with Crippen LogP contribution in [0.1, 0.15) is 48.5 Å². The second-order valence-electron chi connectivity index (χ2n) is 7.14. The fourth-order valence-corrected chi connectivity index (χ4v) is 3.43. The molecule has 1 aliphatic heterocycles. The Morgan fingerprint density at radius 1 is 1.44 bits per heavy atom. The number of carbonyl (C=O) groups excluding carboxylic acids is 2. The number of nitrogens with one attached hydrogen (secondary N) is 1. The van der Waals surface area contributed by atoms with Crippen LogP contribution in [0.15, 0.2) is 46.4 Å². The van der Waals surface area contributed by atoms with E-state index in [4.69, 9.17) is 15.0 Å². The summed E-state index contributed by atoms with van der Waals surface area (Å²) < 4.78 is 12.5. The monoisotopic (exact) mass is 442 g/mol. The minimum absolute atomic E-state index is 0.101. The van der Waals surface area contributed by atoms with Crippen LogP contribution in [-0.4, -0.2) is 45.3 Å². The van der Waals surface area contributed by atoms with Crippen LogP contribution in [0.3, 0.4) is 0 Å². The van der Waals surface area contributed by atoms with E-state index in [2.05, 4.69) is 20.3 Å². The van der Waals surface area contributed by atoms with Crippen LogP contribution < -0.4 is 11.0 Å². The molecule has 1 amide bonds. The fraction of sp³-hybridized carbons (Fsp3) is 0.400. The van der Waals surface area contributed by atoms with Gasteiger partial charge in [-0.05, 0) is 23.2 Å². The predicted octanol–water partition coefficient (Wildman–Crippen LogP) is 2.08. The summed E-state index contributed by atoms with van der Waals surface area (Å²) in [5, 5.41) is 15.7. The van der Waals surface area contributed by atoms with Crippen molar-refractivity contribution in [3.63, 3.8) is 0 Å². The Bertz CT molecular complexity index is 1110. The maximum absolute atomic E-state index is 12.8. The highest BCUT2D eigenvalue weighted by Gasteiger charge is 2.39. The van der Waals surface area contributed by atoms with Crippen LogP contribution in [0, 0.1) is 0 Å². The van der Waals surface area contributed by atoms with Crippen molar-refractivity contribution < 1.29 is 24.2 Å².